The monoisotopic (exact) mass is 356 g/mol. The molecule has 1 aliphatic heterocycles. The summed E-state index contributed by atoms with van der Waals surface area (Å²) in [6.45, 7) is 2.63. The summed E-state index contributed by atoms with van der Waals surface area (Å²) in [4.78, 5) is 15.5. The summed E-state index contributed by atoms with van der Waals surface area (Å²) in [5.41, 5.74) is 0.626. The second-order valence-corrected chi connectivity index (χ2v) is 7.94. The molecule has 0 bridgehead atoms. The van der Waals surface area contributed by atoms with Gasteiger partial charge in [-0.2, -0.15) is 17.0 Å². The molecule has 0 unspecified atom stereocenters. The minimum Gasteiger partial charge on any atom is -0.474 e. The number of nitrogens with zero attached hydrogens (tertiary/aromatic N) is 3. The van der Waals surface area contributed by atoms with Gasteiger partial charge < -0.3 is 10.1 Å². The Kier molecular flexibility index (Phi) is 6.14. The van der Waals surface area contributed by atoms with Crippen LogP contribution in [0, 0.1) is 0 Å². The zero-order valence-corrected chi connectivity index (χ0v) is 15.0. The third-order valence-electron chi connectivity index (χ3n) is 3.82. The van der Waals surface area contributed by atoms with E-state index >= 15 is 0 Å². The number of ether oxygens (including phenoxy) is 1. The van der Waals surface area contributed by atoms with Gasteiger partial charge in [-0.3, -0.25) is 4.79 Å². The lowest BCUT2D eigenvalue weighted by Gasteiger charge is -2.32. The third-order valence-corrected chi connectivity index (χ3v) is 5.76. The topological polar surface area (TPSA) is 91.8 Å². The van der Waals surface area contributed by atoms with Crippen molar-refractivity contribution in [3.63, 3.8) is 0 Å². The van der Waals surface area contributed by atoms with E-state index in [0.29, 0.717) is 43.9 Å². The fourth-order valence-electron chi connectivity index (χ4n) is 2.36. The molecule has 0 atom stereocenters. The zero-order valence-electron chi connectivity index (χ0n) is 14.2. The van der Waals surface area contributed by atoms with Crippen molar-refractivity contribution < 1.29 is 17.9 Å². The number of aromatic nitrogens is 1. The maximum atomic E-state index is 12.1. The number of nitrogens with one attached hydrogen (secondary N) is 1. The van der Waals surface area contributed by atoms with Crippen LogP contribution in [0.5, 0.6) is 5.88 Å². The van der Waals surface area contributed by atoms with Gasteiger partial charge in [0, 0.05) is 39.7 Å². The molecule has 1 aromatic heterocycles. The van der Waals surface area contributed by atoms with Crippen LogP contribution in [0.3, 0.4) is 0 Å². The van der Waals surface area contributed by atoms with Crippen LogP contribution < -0.4 is 10.1 Å². The van der Waals surface area contributed by atoms with Crippen LogP contribution in [0.1, 0.15) is 26.2 Å². The van der Waals surface area contributed by atoms with Gasteiger partial charge in [0.05, 0.1) is 11.9 Å². The maximum absolute atomic E-state index is 12.1. The summed E-state index contributed by atoms with van der Waals surface area (Å²) >= 11 is 0. The highest BCUT2D eigenvalue weighted by Crippen LogP contribution is 2.20. The molecule has 134 valence electrons. The summed E-state index contributed by atoms with van der Waals surface area (Å²) in [6.07, 6.45) is 3.12. The first-order valence-corrected chi connectivity index (χ1v) is 9.32. The van der Waals surface area contributed by atoms with E-state index in [2.05, 4.69) is 10.3 Å². The maximum Gasteiger partial charge on any atom is 0.281 e. The second-order valence-electron chi connectivity index (χ2n) is 5.79. The Morgan fingerprint density at radius 3 is 2.54 bits per heavy atom. The van der Waals surface area contributed by atoms with Crippen molar-refractivity contribution >= 4 is 21.8 Å². The standard InChI is InChI=1S/C15H24N4O4S/c1-4-14(20)17-12-5-6-15(16-11-12)23-13-7-9-19(10-8-13)24(21,22)18(2)3/h5-6,11,13H,4,7-10H2,1-3H3,(H,17,20). The normalized spacial score (nSPS) is 17.0. The van der Waals surface area contributed by atoms with E-state index in [-0.39, 0.29) is 12.0 Å². The van der Waals surface area contributed by atoms with Gasteiger partial charge in [0.25, 0.3) is 10.2 Å². The Morgan fingerprint density at radius 2 is 2.04 bits per heavy atom. The Balaban J connectivity index is 1.87. The van der Waals surface area contributed by atoms with Gasteiger partial charge in [0.15, 0.2) is 0 Å². The van der Waals surface area contributed by atoms with Crippen molar-refractivity contribution in [3.8, 4) is 5.88 Å². The van der Waals surface area contributed by atoms with Crippen molar-refractivity contribution in [1.82, 2.24) is 13.6 Å². The molecule has 0 saturated carbocycles. The number of rotatable bonds is 6. The smallest absolute Gasteiger partial charge is 0.281 e. The number of carbonyl (C=O) groups excluding carboxylic acids is 1. The quantitative estimate of drug-likeness (QED) is 0.823. The number of hydrogen-bond acceptors (Lipinski definition) is 5. The number of piperidine rings is 1. The molecule has 0 aromatic carbocycles. The van der Waals surface area contributed by atoms with Crippen molar-refractivity contribution in [3.05, 3.63) is 18.3 Å². The minimum absolute atomic E-state index is 0.0674. The molecule has 0 radical (unpaired) electrons. The lowest BCUT2D eigenvalue weighted by Crippen LogP contribution is -2.46. The van der Waals surface area contributed by atoms with E-state index in [1.165, 1.54) is 22.7 Å². The van der Waals surface area contributed by atoms with Gasteiger partial charge in [-0.1, -0.05) is 6.92 Å². The summed E-state index contributed by atoms with van der Waals surface area (Å²) in [7, 11) is -0.304. The Morgan fingerprint density at radius 1 is 1.38 bits per heavy atom. The van der Waals surface area contributed by atoms with E-state index in [4.69, 9.17) is 4.74 Å². The van der Waals surface area contributed by atoms with Crippen LogP contribution in [0.2, 0.25) is 0 Å². The highest BCUT2D eigenvalue weighted by molar-refractivity contribution is 7.86. The first-order chi connectivity index (χ1) is 11.3. The molecule has 1 aliphatic rings. The van der Waals surface area contributed by atoms with Gasteiger partial charge in [0.2, 0.25) is 11.8 Å². The Hall–Kier alpha value is -1.71. The molecule has 0 spiro atoms. The molecule has 8 nitrogen and oxygen atoms in total. The van der Waals surface area contributed by atoms with Crippen molar-refractivity contribution in [2.45, 2.75) is 32.3 Å². The Labute approximate surface area is 143 Å². The summed E-state index contributed by atoms with van der Waals surface area (Å²) in [5.74, 6) is 0.401. The van der Waals surface area contributed by atoms with Crippen LogP contribution in [-0.2, 0) is 15.0 Å². The number of anilines is 1. The molecule has 24 heavy (non-hydrogen) atoms. The van der Waals surface area contributed by atoms with E-state index < -0.39 is 10.2 Å². The first kappa shape index (κ1) is 18.6. The molecule has 0 aliphatic carbocycles. The zero-order chi connectivity index (χ0) is 17.7. The minimum atomic E-state index is -3.36. The molecule has 1 N–H and O–H groups in total. The van der Waals surface area contributed by atoms with Crippen molar-refractivity contribution in [2.24, 2.45) is 0 Å². The van der Waals surface area contributed by atoms with Crippen LogP contribution in [-0.4, -0.2) is 61.2 Å². The fourth-order valence-corrected chi connectivity index (χ4v) is 3.49. The average Bonchev–Trinajstić information content (AvgIpc) is 2.57. The number of carbonyl (C=O) groups is 1. The first-order valence-electron chi connectivity index (χ1n) is 7.93. The van der Waals surface area contributed by atoms with Crippen molar-refractivity contribution in [1.29, 1.82) is 0 Å². The van der Waals surface area contributed by atoms with Gasteiger partial charge >= 0.3 is 0 Å². The lowest BCUT2D eigenvalue weighted by molar-refractivity contribution is -0.115. The molecule has 9 heteroatoms. The molecule has 1 aromatic rings. The summed E-state index contributed by atoms with van der Waals surface area (Å²) < 4.78 is 32.6. The predicted molar refractivity (Wildman–Crippen MR) is 91.0 cm³/mol. The predicted octanol–water partition coefficient (Wildman–Crippen LogP) is 1.08. The fraction of sp³-hybridized carbons (Fsp3) is 0.600. The van der Waals surface area contributed by atoms with E-state index in [1.807, 2.05) is 0 Å². The lowest BCUT2D eigenvalue weighted by atomic mass is 10.1. The van der Waals surface area contributed by atoms with Gasteiger partial charge in [-0.05, 0) is 18.9 Å². The van der Waals surface area contributed by atoms with Gasteiger partial charge in [-0.15, -0.1) is 0 Å². The van der Waals surface area contributed by atoms with E-state index in [0.717, 1.165) is 0 Å². The third kappa shape index (κ3) is 4.65. The molecule has 2 heterocycles. The summed E-state index contributed by atoms with van der Waals surface area (Å²) in [5, 5.41) is 2.72. The molecule has 2 rings (SSSR count). The number of amides is 1. The van der Waals surface area contributed by atoms with Crippen LogP contribution >= 0.6 is 0 Å². The highest BCUT2D eigenvalue weighted by atomic mass is 32.2. The van der Waals surface area contributed by atoms with Crippen LogP contribution in [0.25, 0.3) is 0 Å². The number of pyridine rings is 1. The van der Waals surface area contributed by atoms with Gasteiger partial charge in [0.1, 0.15) is 6.10 Å². The van der Waals surface area contributed by atoms with E-state index in [9.17, 15) is 13.2 Å². The molecular weight excluding hydrogens is 332 g/mol. The summed E-state index contributed by atoms with van der Waals surface area (Å²) in [6, 6.07) is 3.44. The second kappa shape index (κ2) is 7.91. The number of hydrogen-bond donors (Lipinski definition) is 1. The highest BCUT2D eigenvalue weighted by Gasteiger charge is 2.30. The van der Waals surface area contributed by atoms with E-state index in [1.54, 1.807) is 25.3 Å². The SMILES string of the molecule is CCC(=O)Nc1ccc(OC2CCN(S(=O)(=O)N(C)C)CC2)nc1. The van der Waals surface area contributed by atoms with Crippen molar-refractivity contribution in [2.75, 3.05) is 32.5 Å². The van der Waals surface area contributed by atoms with Crippen LogP contribution in [0.4, 0.5) is 5.69 Å². The molecule has 1 fully saturated rings. The Bertz CT molecular complexity index is 653. The largest absolute Gasteiger partial charge is 0.474 e. The average molecular weight is 356 g/mol. The molecular formula is C15H24N4O4S. The molecule has 1 saturated heterocycles. The van der Waals surface area contributed by atoms with Crippen LogP contribution in [0.15, 0.2) is 18.3 Å². The van der Waals surface area contributed by atoms with Gasteiger partial charge in [-0.25, -0.2) is 4.98 Å². The molecule has 1 amide bonds.